The molecule has 4 heteroatoms. The molecule has 0 saturated carbocycles. The van der Waals surface area contributed by atoms with E-state index in [1.165, 1.54) is 0 Å². The predicted molar refractivity (Wildman–Crippen MR) is 103 cm³/mol. The average Bonchev–Trinajstić information content (AvgIpc) is 2.70. The summed E-state index contributed by atoms with van der Waals surface area (Å²) in [7, 11) is 1.63. The van der Waals surface area contributed by atoms with Gasteiger partial charge in [-0.1, -0.05) is 36.4 Å². The fraction of sp³-hybridized carbons (Fsp3) is 0.0455. The first kappa shape index (κ1) is 17.3. The van der Waals surface area contributed by atoms with E-state index >= 15 is 0 Å². The van der Waals surface area contributed by atoms with Gasteiger partial charge in [-0.3, -0.25) is 0 Å². The summed E-state index contributed by atoms with van der Waals surface area (Å²) in [6.45, 7) is 0. The molecule has 26 heavy (non-hydrogen) atoms. The van der Waals surface area contributed by atoms with Crippen molar-refractivity contribution in [1.82, 2.24) is 0 Å². The molecular weight excluding hydrogens is 326 g/mol. The van der Waals surface area contributed by atoms with E-state index in [4.69, 9.17) is 14.2 Å². The molecule has 0 aliphatic carbocycles. The van der Waals surface area contributed by atoms with E-state index in [0.717, 1.165) is 17.2 Å². The zero-order valence-electron chi connectivity index (χ0n) is 14.4. The number of methoxy groups -OCH3 is 1. The average molecular weight is 345 g/mol. The van der Waals surface area contributed by atoms with Crippen molar-refractivity contribution in [3.05, 3.63) is 97.3 Å². The minimum absolute atomic E-state index is 0.414. The third kappa shape index (κ3) is 5.24. The Morgan fingerprint density at radius 2 is 1.35 bits per heavy atom. The molecule has 0 aromatic heterocycles. The maximum Gasteiger partial charge on any atom is 0.222 e. The SMILES string of the molecule is COc1ccc(N=C(C=COc2ccccc2)Oc2ccccc2)cc1. The van der Waals surface area contributed by atoms with Crippen LogP contribution in [0.3, 0.4) is 0 Å². The molecule has 0 saturated heterocycles. The van der Waals surface area contributed by atoms with E-state index in [1.807, 2.05) is 84.9 Å². The lowest BCUT2D eigenvalue weighted by molar-refractivity contribution is 0.415. The Bertz CT molecular complexity index is 857. The van der Waals surface area contributed by atoms with Crippen molar-refractivity contribution in [2.75, 3.05) is 7.11 Å². The monoisotopic (exact) mass is 345 g/mol. The summed E-state index contributed by atoms with van der Waals surface area (Å²) >= 11 is 0. The molecule has 0 radical (unpaired) electrons. The van der Waals surface area contributed by atoms with Gasteiger partial charge in [0, 0.05) is 6.08 Å². The summed E-state index contributed by atoms with van der Waals surface area (Å²) in [5.41, 5.74) is 0.751. The van der Waals surface area contributed by atoms with Crippen LogP contribution < -0.4 is 14.2 Å². The molecule has 130 valence electrons. The second-order valence-corrected chi connectivity index (χ2v) is 5.30. The first-order chi connectivity index (χ1) is 12.8. The second kappa shape index (κ2) is 9.08. The molecule has 0 fully saturated rings. The van der Waals surface area contributed by atoms with E-state index in [-0.39, 0.29) is 0 Å². The zero-order chi connectivity index (χ0) is 18.0. The molecule has 3 rings (SSSR count). The Morgan fingerprint density at radius 1 is 0.731 bits per heavy atom. The molecule has 0 spiro atoms. The van der Waals surface area contributed by atoms with Crippen molar-refractivity contribution < 1.29 is 14.2 Å². The van der Waals surface area contributed by atoms with Crippen LogP contribution in [0.5, 0.6) is 17.2 Å². The van der Waals surface area contributed by atoms with Crippen LogP contribution in [0.2, 0.25) is 0 Å². The Hall–Kier alpha value is -3.53. The van der Waals surface area contributed by atoms with Crippen LogP contribution in [-0.2, 0) is 0 Å². The molecular formula is C22H19NO3. The standard InChI is InChI=1S/C22H19NO3/c1-24-19-14-12-18(13-15-19)23-22(26-21-10-6-3-7-11-21)16-17-25-20-8-4-2-5-9-20/h2-17H,1H3. The number of ether oxygens (including phenoxy) is 3. The molecule has 3 aromatic rings. The van der Waals surface area contributed by atoms with Crippen LogP contribution in [0.15, 0.2) is 102 Å². The summed E-state index contributed by atoms with van der Waals surface area (Å²) in [5, 5.41) is 0. The lowest BCUT2D eigenvalue weighted by Gasteiger charge is -2.06. The van der Waals surface area contributed by atoms with Gasteiger partial charge in [0.05, 0.1) is 19.1 Å². The quantitative estimate of drug-likeness (QED) is 0.341. The van der Waals surface area contributed by atoms with Gasteiger partial charge in [-0.05, 0) is 48.5 Å². The van der Waals surface area contributed by atoms with Crippen molar-refractivity contribution in [2.45, 2.75) is 0 Å². The topological polar surface area (TPSA) is 40.0 Å². The molecule has 0 unspecified atom stereocenters. The van der Waals surface area contributed by atoms with Crippen LogP contribution in [-0.4, -0.2) is 13.0 Å². The normalized spacial score (nSPS) is 11.3. The smallest absolute Gasteiger partial charge is 0.222 e. The molecule has 0 amide bonds. The van der Waals surface area contributed by atoms with E-state index in [1.54, 1.807) is 19.4 Å². The number of nitrogens with zero attached hydrogens (tertiary/aromatic N) is 1. The number of rotatable bonds is 6. The summed E-state index contributed by atoms with van der Waals surface area (Å²) in [6, 6.07) is 26.4. The summed E-state index contributed by atoms with van der Waals surface area (Å²) in [5.74, 6) is 2.63. The molecule has 0 heterocycles. The summed E-state index contributed by atoms with van der Waals surface area (Å²) in [6.07, 6.45) is 3.24. The lowest BCUT2D eigenvalue weighted by atomic mass is 10.3. The van der Waals surface area contributed by atoms with Crippen molar-refractivity contribution in [3.63, 3.8) is 0 Å². The fourth-order valence-corrected chi connectivity index (χ4v) is 2.16. The Balaban J connectivity index is 1.79. The first-order valence-electron chi connectivity index (χ1n) is 8.17. The van der Waals surface area contributed by atoms with E-state index < -0.39 is 0 Å². The highest BCUT2D eigenvalue weighted by molar-refractivity contribution is 5.91. The fourth-order valence-electron chi connectivity index (χ4n) is 2.16. The highest BCUT2D eigenvalue weighted by Crippen LogP contribution is 2.19. The van der Waals surface area contributed by atoms with Crippen LogP contribution in [0.1, 0.15) is 0 Å². The first-order valence-corrected chi connectivity index (χ1v) is 8.17. The maximum atomic E-state index is 5.86. The van der Waals surface area contributed by atoms with Crippen molar-refractivity contribution >= 4 is 11.6 Å². The Morgan fingerprint density at radius 3 is 1.96 bits per heavy atom. The van der Waals surface area contributed by atoms with Crippen LogP contribution in [0.25, 0.3) is 0 Å². The van der Waals surface area contributed by atoms with Gasteiger partial charge in [-0.2, -0.15) is 0 Å². The molecule has 0 bridgehead atoms. The predicted octanol–water partition coefficient (Wildman–Crippen LogP) is 5.40. The van der Waals surface area contributed by atoms with Gasteiger partial charge in [0.25, 0.3) is 0 Å². The highest BCUT2D eigenvalue weighted by atomic mass is 16.5. The zero-order valence-corrected chi connectivity index (χ0v) is 14.4. The minimum atomic E-state index is 0.414. The van der Waals surface area contributed by atoms with Gasteiger partial charge in [-0.25, -0.2) is 4.99 Å². The Kier molecular flexibility index (Phi) is 6.04. The number of aliphatic imine (C=N–C) groups is 1. The van der Waals surface area contributed by atoms with Gasteiger partial charge in [0.1, 0.15) is 17.2 Å². The summed E-state index contributed by atoms with van der Waals surface area (Å²) in [4.78, 5) is 4.53. The molecule has 0 aliphatic heterocycles. The third-order valence-electron chi connectivity index (χ3n) is 3.44. The lowest BCUT2D eigenvalue weighted by Crippen LogP contribution is -2.05. The molecule has 0 N–H and O–H groups in total. The van der Waals surface area contributed by atoms with Crippen molar-refractivity contribution in [1.29, 1.82) is 0 Å². The Labute approximate surface area is 153 Å². The molecule has 4 nitrogen and oxygen atoms in total. The van der Waals surface area contributed by atoms with Gasteiger partial charge >= 0.3 is 0 Å². The van der Waals surface area contributed by atoms with Crippen LogP contribution in [0.4, 0.5) is 5.69 Å². The maximum absolute atomic E-state index is 5.86. The number of benzene rings is 3. The molecule has 0 aliphatic rings. The molecule has 3 aromatic carbocycles. The third-order valence-corrected chi connectivity index (χ3v) is 3.44. The summed E-state index contributed by atoms with van der Waals surface area (Å²) < 4.78 is 16.6. The largest absolute Gasteiger partial charge is 0.497 e. The van der Waals surface area contributed by atoms with Gasteiger partial charge < -0.3 is 14.2 Å². The van der Waals surface area contributed by atoms with E-state index in [0.29, 0.717) is 11.6 Å². The number of hydrogen-bond donors (Lipinski definition) is 0. The van der Waals surface area contributed by atoms with Crippen molar-refractivity contribution in [3.8, 4) is 17.2 Å². The minimum Gasteiger partial charge on any atom is -0.497 e. The van der Waals surface area contributed by atoms with Crippen molar-refractivity contribution in [2.24, 2.45) is 4.99 Å². The van der Waals surface area contributed by atoms with E-state index in [2.05, 4.69) is 4.99 Å². The van der Waals surface area contributed by atoms with E-state index in [9.17, 15) is 0 Å². The van der Waals surface area contributed by atoms with Crippen LogP contribution >= 0.6 is 0 Å². The highest BCUT2D eigenvalue weighted by Gasteiger charge is 2.01. The second-order valence-electron chi connectivity index (χ2n) is 5.30. The molecule has 0 atom stereocenters. The van der Waals surface area contributed by atoms with Gasteiger partial charge in [0.2, 0.25) is 5.90 Å². The van der Waals surface area contributed by atoms with Gasteiger partial charge in [-0.15, -0.1) is 0 Å². The van der Waals surface area contributed by atoms with Crippen LogP contribution in [0, 0.1) is 0 Å². The van der Waals surface area contributed by atoms with Gasteiger partial charge in [0.15, 0.2) is 0 Å². The number of para-hydroxylation sites is 2. The number of hydrogen-bond acceptors (Lipinski definition) is 4.